The summed E-state index contributed by atoms with van der Waals surface area (Å²) in [5, 5.41) is 1.12. The number of nitrogens with zero attached hydrogens (tertiary/aromatic N) is 1. The predicted molar refractivity (Wildman–Crippen MR) is 72.5 cm³/mol. The molecule has 1 aromatic carbocycles. The van der Waals surface area contributed by atoms with Crippen molar-refractivity contribution >= 4 is 5.91 Å². The number of methoxy groups -OCH3 is 1. The molecule has 0 fully saturated rings. The number of nitrogens with two attached hydrogens (primary N) is 1. The maximum Gasteiger partial charge on any atom is 0.240 e. The summed E-state index contributed by atoms with van der Waals surface area (Å²) >= 11 is 0. The number of rotatable bonds is 4. The van der Waals surface area contributed by atoms with Gasteiger partial charge in [0.2, 0.25) is 5.91 Å². The lowest BCUT2D eigenvalue weighted by Crippen LogP contribution is -2.34. The Kier molecular flexibility index (Phi) is 4.73. The Morgan fingerprint density at radius 3 is 2.50 bits per heavy atom. The van der Waals surface area contributed by atoms with E-state index in [-0.39, 0.29) is 5.91 Å². The van der Waals surface area contributed by atoms with Gasteiger partial charge in [0, 0.05) is 7.05 Å². The average Bonchev–Trinajstić information content (AvgIpc) is 2.30. The molecule has 1 amide bonds. The lowest BCUT2D eigenvalue weighted by Gasteiger charge is -2.17. The van der Waals surface area contributed by atoms with Crippen LogP contribution in [0.4, 0.5) is 0 Å². The summed E-state index contributed by atoms with van der Waals surface area (Å²) in [5.74, 6) is 6.57. The summed E-state index contributed by atoms with van der Waals surface area (Å²) < 4.78 is 5.37. The number of benzene rings is 1. The summed E-state index contributed by atoms with van der Waals surface area (Å²) in [4.78, 5) is 11.7. The van der Waals surface area contributed by atoms with Gasteiger partial charge in [-0.3, -0.25) is 9.80 Å². The number of likely N-dealkylation sites (N-methyl/N-ethyl adjacent to an activating group) is 1. The molecule has 0 heterocycles. The van der Waals surface area contributed by atoms with Crippen LogP contribution in [0.3, 0.4) is 0 Å². The Morgan fingerprint density at radius 2 is 2.06 bits per heavy atom. The van der Waals surface area contributed by atoms with Crippen molar-refractivity contribution in [3.8, 4) is 5.75 Å². The highest BCUT2D eigenvalue weighted by Gasteiger charge is 2.14. The first-order valence-corrected chi connectivity index (χ1v) is 6.05. The number of ether oxygens (including phenoxy) is 1. The van der Waals surface area contributed by atoms with E-state index in [0.717, 1.165) is 27.4 Å². The predicted octanol–water partition coefficient (Wildman–Crippen LogP) is 2.00. The van der Waals surface area contributed by atoms with Crippen molar-refractivity contribution in [2.45, 2.75) is 33.1 Å². The van der Waals surface area contributed by atoms with E-state index in [4.69, 9.17) is 10.6 Å². The third-order valence-electron chi connectivity index (χ3n) is 3.05. The van der Waals surface area contributed by atoms with Crippen LogP contribution in [-0.2, 0) is 11.2 Å². The van der Waals surface area contributed by atoms with Crippen molar-refractivity contribution in [2.24, 2.45) is 5.84 Å². The van der Waals surface area contributed by atoms with Gasteiger partial charge in [0.15, 0.2) is 0 Å². The molecule has 4 nitrogen and oxygen atoms in total. The van der Waals surface area contributed by atoms with E-state index < -0.39 is 0 Å². The van der Waals surface area contributed by atoms with E-state index in [0.29, 0.717) is 12.3 Å². The van der Waals surface area contributed by atoms with Gasteiger partial charge in [-0.2, -0.15) is 0 Å². The molecule has 0 aliphatic heterocycles. The molecular formula is C14H22N2O2. The normalized spacial score (nSPS) is 10.6. The second kappa shape index (κ2) is 5.87. The number of carbonyl (C=O) groups is 1. The van der Waals surface area contributed by atoms with Gasteiger partial charge in [-0.25, -0.2) is 5.84 Å². The largest absolute Gasteiger partial charge is 0.496 e. The number of hydrazine groups is 1. The van der Waals surface area contributed by atoms with Crippen LogP contribution in [0.2, 0.25) is 0 Å². The van der Waals surface area contributed by atoms with E-state index in [9.17, 15) is 4.79 Å². The van der Waals surface area contributed by atoms with Gasteiger partial charge < -0.3 is 4.74 Å². The molecule has 0 aliphatic rings. The third kappa shape index (κ3) is 3.23. The first-order valence-electron chi connectivity index (χ1n) is 6.05. The number of hydrogen-bond acceptors (Lipinski definition) is 3. The monoisotopic (exact) mass is 250 g/mol. The van der Waals surface area contributed by atoms with E-state index in [1.54, 1.807) is 14.2 Å². The van der Waals surface area contributed by atoms with Crippen LogP contribution in [0.5, 0.6) is 5.75 Å². The van der Waals surface area contributed by atoms with Crippen molar-refractivity contribution in [1.82, 2.24) is 5.01 Å². The smallest absolute Gasteiger partial charge is 0.240 e. The van der Waals surface area contributed by atoms with Crippen LogP contribution in [0, 0.1) is 6.92 Å². The molecule has 0 spiro atoms. The van der Waals surface area contributed by atoms with E-state index >= 15 is 0 Å². The molecule has 0 bridgehead atoms. The molecule has 4 heteroatoms. The minimum absolute atomic E-state index is 0.0991. The SMILES string of the molecule is COc1cc(C)c(CC(=O)N(C)N)cc1C(C)C. The van der Waals surface area contributed by atoms with Crippen molar-refractivity contribution in [3.63, 3.8) is 0 Å². The van der Waals surface area contributed by atoms with Gasteiger partial charge in [0.1, 0.15) is 5.75 Å². The molecular weight excluding hydrogens is 228 g/mol. The zero-order valence-electron chi connectivity index (χ0n) is 11.8. The molecule has 0 atom stereocenters. The summed E-state index contributed by atoms with van der Waals surface area (Å²) in [5.41, 5.74) is 3.17. The van der Waals surface area contributed by atoms with Crippen LogP contribution in [0.15, 0.2) is 12.1 Å². The van der Waals surface area contributed by atoms with Gasteiger partial charge in [-0.15, -0.1) is 0 Å². The van der Waals surface area contributed by atoms with E-state index in [2.05, 4.69) is 13.8 Å². The fourth-order valence-electron chi connectivity index (χ4n) is 1.85. The Bertz CT molecular complexity index is 440. The lowest BCUT2D eigenvalue weighted by atomic mass is 9.95. The quantitative estimate of drug-likeness (QED) is 0.505. The maximum atomic E-state index is 11.7. The summed E-state index contributed by atoms with van der Waals surface area (Å²) in [6, 6.07) is 4.02. The second-order valence-corrected chi connectivity index (χ2v) is 4.86. The van der Waals surface area contributed by atoms with Crippen molar-refractivity contribution in [2.75, 3.05) is 14.2 Å². The number of hydrogen-bond donors (Lipinski definition) is 1. The van der Waals surface area contributed by atoms with Crippen LogP contribution < -0.4 is 10.6 Å². The molecule has 0 radical (unpaired) electrons. The van der Waals surface area contributed by atoms with Crippen molar-refractivity contribution in [1.29, 1.82) is 0 Å². The fraction of sp³-hybridized carbons (Fsp3) is 0.500. The Morgan fingerprint density at radius 1 is 1.44 bits per heavy atom. The van der Waals surface area contributed by atoms with Crippen molar-refractivity contribution in [3.05, 3.63) is 28.8 Å². The second-order valence-electron chi connectivity index (χ2n) is 4.86. The summed E-state index contributed by atoms with van der Waals surface area (Å²) in [6.45, 7) is 6.19. The average molecular weight is 250 g/mol. The van der Waals surface area contributed by atoms with Gasteiger partial charge in [0.25, 0.3) is 0 Å². The minimum atomic E-state index is -0.0991. The topological polar surface area (TPSA) is 55.6 Å². The summed E-state index contributed by atoms with van der Waals surface area (Å²) in [7, 11) is 3.23. The lowest BCUT2D eigenvalue weighted by molar-refractivity contribution is -0.129. The first kappa shape index (κ1) is 14.5. The van der Waals surface area contributed by atoms with Crippen LogP contribution in [0.25, 0.3) is 0 Å². The fourth-order valence-corrected chi connectivity index (χ4v) is 1.85. The van der Waals surface area contributed by atoms with E-state index in [1.807, 2.05) is 19.1 Å². The third-order valence-corrected chi connectivity index (χ3v) is 3.05. The molecule has 18 heavy (non-hydrogen) atoms. The summed E-state index contributed by atoms with van der Waals surface area (Å²) in [6.07, 6.45) is 0.322. The highest BCUT2D eigenvalue weighted by molar-refractivity contribution is 5.78. The molecule has 0 aliphatic carbocycles. The molecule has 100 valence electrons. The molecule has 0 saturated carbocycles. The molecule has 2 N–H and O–H groups in total. The first-order chi connectivity index (χ1) is 8.36. The molecule has 0 unspecified atom stereocenters. The van der Waals surface area contributed by atoms with Gasteiger partial charge in [-0.1, -0.05) is 19.9 Å². The van der Waals surface area contributed by atoms with Crippen LogP contribution >= 0.6 is 0 Å². The Hall–Kier alpha value is -1.55. The van der Waals surface area contributed by atoms with Crippen molar-refractivity contribution < 1.29 is 9.53 Å². The van der Waals surface area contributed by atoms with Gasteiger partial charge >= 0.3 is 0 Å². The zero-order chi connectivity index (χ0) is 13.9. The number of aryl methyl sites for hydroxylation is 1. The molecule has 0 aromatic heterocycles. The van der Waals surface area contributed by atoms with Gasteiger partial charge in [0.05, 0.1) is 13.5 Å². The molecule has 1 aromatic rings. The van der Waals surface area contributed by atoms with Gasteiger partial charge in [-0.05, 0) is 35.6 Å². The number of amides is 1. The maximum absolute atomic E-state index is 11.7. The Balaban J connectivity index is 3.13. The Labute approximate surface area is 109 Å². The van der Waals surface area contributed by atoms with Crippen LogP contribution in [-0.4, -0.2) is 25.1 Å². The minimum Gasteiger partial charge on any atom is -0.496 e. The molecule has 1 rings (SSSR count). The highest BCUT2D eigenvalue weighted by Crippen LogP contribution is 2.29. The van der Waals surface area contributed by atoms with E-state index in [1.165, 1.54) is 0 Å². The molecule has 0 saturated heterocycles. The number of carbonyl (C=O) groups excluding carboxylic acids is 1. The standard InChI is InChI=1S/C14H22N2O2/c1-9(2)12-7-11(8-14(17)16(4)15)10(3)6-13(12)18-5/h6-7,9H,8,15H2,1-5H3. The van der Waals surface area contributed by atoms with Crippen LogP contribution in [0.1, 0.15) is 36.5 Å². The zero-order valence-corrected chi connectivity index (χ0v) is 11.8. The highest BCUT2D eigenvalue weighted by atomic mass is 16.5.